The highest BCUT2D eigenvalue weighted by molar-refractivity contribution is 6.31. The highest BCUT2D eigenvalue weighted by Crippen LogP contribution is 2.44. The third kappa shape index (κ3) is 2.34. The van der Waals surface area contributed by atoms with Crippen molar-refractivity contribution in [2.24, 2.45) is 17.8 Å². The highest BCUT2D eigenvalue weighted by atomic mass is 35.5. The Morgan fingerprint density at radius 3 is 2.78 bits per heavy atom. The summed E-state index contributed by atoms with van der Waals surface area (Å²) in [4.78, 5) is 0. The van der Waals surface area contributed by atoms with Crippen molar-refractivity contribution in [1.82, 2.24) is 5.32 Å². The topological polar surface area (TPSA) is 12.0 Å². The molecule has 18 heavy (non-hydrogen) atoms. The van der Waals surface area contributed by atoms with Crippen molar-refractivity contribution >= 4 is 11.6 Å². The molecule has 3 rings (SSSR count). The molecule has 96 valence electrons. The standard InChI is InChI=1S/C16H20ClN/c1-11(15-9-12-6-7-13(15)8-12)18-10-14-4-2-3-5-16(14)17/h2-7,11-13,15,18H,8-10H2,1H3. The molecule has 0 radical (unpaired) electrons. The molecule has 1 saturated carbocycles. The van der Waals surface area contributed by atoms with Gasteiger partial charge in [0.05, 0.1) is 0 Å². The number of nitrogens with one attached hydrogen (secondary N) is 1. The molecule has 0 aliphatic heterocycles. The second-order valence-electron chi connectivity index (χ2n) is 5.71. The van der Waals surface area contributed by atoms with E-state index >= 15 is 0 Å². The average Bonchev–Trinajstić information content (AvgIpc) is 2.99. The van der Waals surface area contributed by atoms with Crippen molar-refractivity contribution in [1.29, 1.82) is 0 Å². The second-order valence-corrected chi connectivity index (χ2v) is 6.11. The lowest BCUT2D eigenvalue weighted by Gasteiger charge is -2.26. The zero-order chi connectivity index (χ0) is 12.5. The monoisotopic (exact) mass is 261 g/mol. The summed E-state index contributed by atoms with van der Waals surface area (Å²) in [6.07, 6.45) is 7.56. The van der Waals surface area contributed by atoms with E-state index in [0.717, 1.165) is 29.3 Å². The third-order valence-electron chi connectivity index (χ3n) is 4.54. The minimum absolute atomic E-state index is 0.571. The molecule has 2 heteroatoms. The smallest absolute Gasteiger partial charge is 0.0450 e. The Morgan fingerprint density at radius 1 is 1.28 bits per heavy atom. The van der Waals surface area contributed by atoms with Crippen LogP contribution in [-0.4, -0.2) is 6.04 Å². The number of fused-ring (bicyclic) bond motifs is 2. The number of halogens is 1. The van der Waals surface area contributed by atoms with Gasteiger partial charge in [-0.25, -0.2) is 0 Å². The summed E-state index contributed by atoms with van der Waals surface area (Å²) < 4.78 is 0. The minimum Gasteiger partial charge on any atom is -0.310 e. The molecule has 4 unspecified atom stereocenters. The van der Waals surface area contributed by atoms with E-state index < -0.39 is 0 Å². The van der Waals surface area contributed by atoms with Crippen LogP contribution in [0.25, 0.3) is 0 Å². The number of hydrogen-bond acceptors (Lipinski definition) is 1. The third-order valence-corrected chi connectivity index (χ3v) is 4.91. The first-order valence-electron chi connectivity index (χ1n) is 6.89. The van der Waals surface area contributed by atoms with Crippen LogP contribution in [0.5, 0.6) is 0 Å². The zero-order valence-electron chi connectivity index (χ0n) is 10.8. The molecule has 0 spiro atoms. The summed E-state index contributed by atoms with van der Waals surface area (Å²) in [5.74, 6) is 2.47. The van der Waals surface area contributed by atoms with Crippen LogP contribution in [0.4, 0.5) is 0 Å². The summed E-state index contributed by atoms with van der Waals surface area (Å²) in [5, 5.41) is 4.51. The molecule has 1 N–H and O–H groups in total. The maximum Gasteiger partial charge on any atom is 0.0450 e. The van der Waals surface area contributed by atoms with Crippen LogP contribution in [0.2, 0.25) is 5.02 Å². The first-order valence-corrected chi connectivity index (χ1v) is 7.27. The van der Waals surface area contributed by atoms with Crippen LogP contribution in [0.15, 0.2) is 36.4 Å². The minimum atomic E-state index is 0.571. The summed E-state index contributed by atoms with van der Waals surface area (Å²) in [7, 11) is 0. The summed E-state index contributed by atoms with van der Waals surface area (Å²) in [6, 6.07) is 8.66. The van der Waals surface area contributed by atoms with Gasteiger partial charge in [-0.3, -0.25) is 0 Å². The Kier molecular flexibility index (Phi) is 3.45. The molecule has 4 atom stereocenters. The lowest BCUT2D eigenvalue weighted by atomic mass is 9.87. The Hall–Kier alpha value is -0.790. The van der Waals surface area contributed by atoms with Crippen LogP contribution < -0.4 is 5.32 Å². The predicted molar refractivity (Wildman–Crippen MR) is 76.6 cm³/mol. The van der Waals surface area contributed by atoms with Crippen molar-refractivity contribution in [3.8, 4) is 0 Å². The summed E-state index contributed by atoms with van der Waals surface area (Å²) >= 11 is 6.18. The molecule has 0 heterocycles. The normalized spacial score (nSPS) is 30.9. The lowest BCUT2D eigenvalue weighted by molar-refractivity contribution is 0.326. The first-order chi connectivity index (χ1) is 8.74. The van der Waals surface area contributed by atoms with E-state index in [1.165, 1.54) is 18.4 Å². The van der Waals surface area contributed by atoms with Gasteiger partial charge < -0.3 is 5.32 Å². The molecule has 1 aromatic rings. The Bertz CT molecular complexity index is 454. The number of allylic oxidation sites excluding steroid dienone is 2. The molecular formula is C16H20ClN. The van der Waals surface area contributed by atoms with E-state index in [0.29, 0.717) is 6.04 Å². The molecular weight excluding hydrogens is 242 g/mol. The van der Waals surface area contributed by atoms with E-state index in [1.807, 2.05) is 18.2 Å². The maximum absolute atomic E-state index is 6.18. The van der Waals surface area contributed by atoms with Gasteiger partial charge in [0.2, 0.25) is 0 Å². The fourth-order valence-corrected chi connectivity index (χ4v) is 3.66. The summed E-state index contributed by atoms with van der Waals surface area (Å²) in [6.45, 7) is 3.19. The van der Waals surface area contributed by atoms with Crippen molar-refractivity contribution in [3.63, 3.8) is 0 Å². The Labute approximate surface area is 114 Å². The van der Waals surface area contributed by atoms with Gasteiger partial charge in [-0.05, 0) is 49.1 Å². The van der Waals surface area contributed by atoms with E-state index in [9.17, 15) is 0 Å². The number of rotatable bonds is 4. The van der Waals surface area contributed by atoms with Gasteiger partial charge in [-0.2, -0.15) is 0 Å². The fourth-order valence-electron chi connectivity index (χ4n) is 3.46. The van der Waals surface area contributed by atoms with Gasteiger partial charge >= 0.3 is 0 Å². The highest BCUT2D eigenvalue weighted by Gasteiger charge is 2.38. The SMILES string of the molecule is CC(NCc1ccccc1Cl)C1CC2C=CC1C2. The van der Waals surface area contributed by atoms with E-state index in [1.54, 1.807) is 0 Å². The predicted octanol–water partition coefficient (Wildman–Crippen LogP) is 4.03. The lowest BCUT2D eigenvalue weighted by Crippen LogP contribution is -2.35. The van der Waals surface area contributed by atoms with Crippen LogP contribution in [0.1, 0.15) is 25.3 Å². The molecule has 2 aliphatic rings. The van der Waals surface area contributed by atoms with Crippen LogP contribution >= 0.6 is 11.6 Å². The fraction of sp³-hybridized carbons (Fsp3) is 0.500. The molecule has 1 aromatic carbocycles. The largest absolute Gasteiger partial charge is 0.310 e. The van der Waals surface area contributed by atoms with E-state index in [2.05, 4.69) is 30.5 Å². The van der Waals surface area contributed by atoms with Gasteiger partial charge in [0.25, 0.3) is 0 Å². The van der Waals surface area contributed by atoms with Gasteiger partial charge in [0, 0.05) is 17.6 Å². The molecule has 1 fully saturated rings. The number of hydrogen-bond donors (Lipinski definition) is 1. The van der Waals surface area contributed by atoms with E-state index in [4.69, 9.17) is 11.6 Å². The molecule has 0 saturated heterocycles. The van der Waals surface area contributed by atoms with E-state index in [-0.39, 0.29) is 0 Å². The molecule has 1 nitrogen and oxygen atoms in total. The van der Waals surface area contributed by atoms with Gasteiger partial charge in [-0.15, -0.1) is 0 Å². The van der Waals surface area contributed by atoms with Crippen LogP contribution in [0, 0.1) is 17.8 Å². The first kappa shape index (κ1) is 12.3. The van der Waals surface area contributed by atoms with Crippen molar-refractivity contribution in [2.75, 3.05) is 0 Å². The second kappa shape index (κ2) is 5.07. The Morgan fingerprint density at radius 2 is 2.11 bits per heavy atom. The molecule has 0 amide bonds. The summed E-state index contributed by atoms with van der Waals surface area (Å²) in [5.41, 5.74) is 1.20. The maximum atomic E-state index is 6.18. The van der Waals surface area contributed by atoms with Crippen molar-refractivity contribution in [2.45, 2.75) is 32.4 Å². The van der Waals surface area contributed by atoms with Gasteiger partial charge in [0.15, 0.2) is 0 Å². The van der Waals surface area contributed by atoms with Crippen molar-refractivity contribution in [3.05, 3.63) is 47.0 Å². The van der Waals surface area contributed by atoms with Crippen LogP contribution in [-0.2, 0) is 6.54 Å². The molecule has 2 aliphatic carbocycles. The Balaban J connectivity index is 1.57. The zero-order valence-corrected chi connectivity index (χ0v) is 11.5. The molecule has 0 aromatic heterocycles. The van der Waals surface area contributed by atoms with Gasteiger partial charge in [-0.1, -0.05) is 42.0 Å². The quantitative estimate of drug-likeness (QED) is 0.807. The van der Waals surface area contributed by atoms with Crippen molar-refractivity contribution < 1.29 is 0 Å². The number of benzene rings is 1. The van der Waals surface area contributed by atoms with Crippen LogP contribution in [0.3, 0.4) is 0 Å². The average molecular weight is 262 g/mol. The molecule has 2 bridgehead atoms. The van der Waals surface area contributed by atoms with Gasteiger partial charge in [0.1, 0.15) is 0 Å².